The fraction of sp³-hybridized carbons (Fsp3) is 0.292. The summed E-state index contributed by atoms with van der Waals surface area (Å²) < 4.78 is 0. The molecule has 1 atom stereocenters. The lowest BCUT2D eigenvalue weighted by Gasteiger charge is -2.21. The van der Waals surface area contributed by atoms with Crippen LogP contribution in [0.2, 0.25) is 0 Å². The van der Waals surface area contributed by atoms with Gasteiger partial charge in [0, 0.05) is 18.4 Å². The van der Waals surface area contributed by atoms with Crippen LogP contribution in [-0.2, 0) is 27.3 Å². The lowest BCUT2D eigenvalue weighted by molar-refractivity contribution is -0.139. The van der Waals surface area contributed by atoms with Gasteiger partial charge in [-0.25, -0.2) is 4.79 Å². The molecule has 4 rings (SSSR count). The average molecular weight is 448 g/mol. The van der Waals surface area contributed by atoms with E-state index in [0.717, 1.165) is 5.56 Å². The highest BCUT2D eigenvalue weighted by atomic mass is 16.2. The van der Waals surface area contributed by atoms with Crippen molar-refractivity contribution < 1.29 is 24.0 Å². The molecule has 9 nitrogen and oxygen atoms in total. The Balaban J connectivity index is 1.37. The Labute approximate surface area is 190 Å². The summed E-state index contributed by atoms with van der Waals surface area (Å²) in [6, 6.07) is 15.2. The van der Waals surface area contributed by atoms with Crippen LogP contribution in [-0.4, -0.2) is 45.1 Å². The summed E-state index contributed by atoms with van der Waals surface area (Å²) >= 11 is 0. The second-order valence-corrected chi connectivity index (χ2v) is 8.40. The summed E-state index contributed by atoms with van der Waals surface area (Å²) in [4.78, 5) is 62.7. The van der Waals surface area contributed by atoms with Crippen molar-refractivity contribution in [3.63, 3.8) is 0 Å². The third kappa shape index (κ3) is 4.62. The molecule has 2 aromatic rings. The molecule has 2 heterocycles. The predicted octanol–water partition coefficient (Wildman–Crippen LogP) is 1.92. The van der Waals surface area contributed by atoms with Gasteiger partial charge in [0.25, 0.3) is 11.8 Å². The Kier molecular flexibility index (Phi) is 5.95. The van der Waals surface area contributed by atoms with E-state index in [1.807, 2.05) is 30.3 Å². The number of benzene rings is 2. The van der Waals surface area contributed by atoms with Gasteiger partial charge in [0.1, 0.15) is 5.54 Å². The SMILES string of the molecule is CC1(CCc2ccccc2)NC(=O)N(NC(=O)c2ccc(CN3C(=O)CCC3=O)cc2)C1=O. The highest BCUT2D eigenvalue weighted by Crippen LogP contribution is 2.23. The van der Waals surface area contributed by atoms with Crippen LogP contribution < -0.4 is 10.7 Å². The van der Waals surface area contributed by atoms with Crippen molar-refractivity contribution >= 4 is 29.7 Å². The van der Waals surface area contributed by atoms with Crippen molar-refractivity contribution in [1.82, 2.24) is 20.7 Å². The van der Waals surface area contributed by atoms with Crippen molar-refractivity contribution in [3.8, 4) is 0 Å². The lowest BCUT2D eigenvalue weighted by atomic mass is 9.93. The van der Waals surface area contributed by atoms with Gasteiger partial charge < -0.3 is 5.32 Å². The Hall–Kier alpha value is -4.01. The highest BCUT2D eigenvalue weighted by Gasteiger charge is 2.48. The number of aryl methyl sites for hydroxylation is 1. The summed E-state index contributed by atoms with van der Waals surface area (Å²) in [6.45, 7) is 1.78. The molecule has 0 saturated carbocycles. The molecule has 33 heavy (non-hydrogen) atoms. The number of hydrogen-bond donors (Lipinski definition) is 2. The second-order valence-electron chi connectivity index (χ2n) is 8.40. The van der Waals surface area contributed by atoms with Crippen molar-refractivity contribution in [3.05, 3.63) is 71.3 Å². The van der Waals surface area contributed by atoms with E-state index >= 15 is 0 Å². The van der Waals surface area contributed by atoms with Gasteiger partial charge in [0.05, 0.1) is 6.54 Å². The molecule has 0 bridgehead atoms. The van der Waals surface area contributed by atoms with Crippen molar-refractivity contribution in [2.75, 3.05) is 0 Å². The molecule has 2 aliphatic rings. The van der Waals surface area contributed by atoms with E-state index in [9.17, 15) is 24.0 Å². The third-order valence-electron chi connectivity index (χ3n) is 5.94. The lowest BCUT2D eigenvalue weighted by Crippen LogP contribution is -2.48. The van der Waals surface area contributed by atoms with Crippen LogP contribution in [0.15, 0.2) is 54.6 Å². The van der Waals surface area contributed by atoms with Crippen LogP contribution in [0.5, 0.6) is 0 Å². The first-order valence-electron chi connectivity index (χ1n) is 10.7. The summed E-state index contributed by atoms with van der Waals surface area (Å²) in [6.07, 6.45) is 1.41. The zero-order valence-electron chi connectivity index (χ0n) is 18.2. The van der Waals surface area contributed by atoms with E-state index in [1.54, 1.807) is 19.1 Å². The zero-order valence-corrected chi connectivity index (χ0v) is 18.2. The van der Waals surface area contributed by atoms with Gasteiger partial charge in [0.15, 0.2) is 0 Å². The molecular formula is C24H24N4O5. The van der Waals surface area contributed by atoms with Crippen molar-refractivity contribution in [1.29, 1.82) is 0 Å². The first-order chi connectivity index (χ1) is 15.8. The van der Waals surface area contributed by atoms with Crippen LogP contribution in [0.25, 0.3) is 0 Å². The van der Waals surface area contributed by atoms with Crippen LogP contribution in [0, 0.1) is 0 Å². The number of rotatable bonds is 7. The molecule has 0 radical (unpaired) electrons. The predicted molar refractivity (Wildman–Crippen MR) is 117 cm³/mol. The summed E-state index contributed by atoms with van der Waals surface area (Å²) in [5, 5.41) is 3.38. The van der Waals surface area contributed by atoms with Crippen molar-refractivity contribution in [2.24, 2.45) is 0 Å². The van der Waals surface area contributed by atoms with E-state index in [4.69, 9.17) is 0 Å². The zero-order chi connectivity index (χ0) is 23.6. The molecule has 0 aromatic heterocycles. The fourth-order valence-corrected chi connectivity index (χ4v) is 3.90. The number of carbonyl (C=O) groups is 5. The minimum absolute atomic E-state index is 0.145. The minimum Gasteiger partial charge on any atom is -0.322 e. The van der Waals surface area contributed by atoms with Gasteiger partial charge in [0.2, 0.25) is 11.8 Å². The maximum Gasteiger partial charge on any atom is 0.344 e. The number of likely N-dealkylation sites (tertiary alicyclic amines) is 1. The number of hydrogen-bond acceptors (Lipinski definition) is 5. The first-order valence-corrected chi connectivity index (χ1v) is 10.7. The number of hydrazine groups is 1. The third-order valence-corrected chi connectivity index (χ3v) is 5.94. The largest absolute Gasteiger partial charge is 0.344 e. The Morgan fingerprint density at radius 1 is 0.939 bits per heavy atom. The Morgan fingerprint density at radius 3 is 2.21 bits per heavy atom. The molecular weight excluding hydrogens is 424 g/mol. The van der Waals surface area contributed by atoms with E-state index in [-0.39, 0.29) is 36.8 Å². The monoisotopic (exact) mass is 448 g/mol. The molecule has 2 aromatic carbocycles. The molecule has 2 fully saturated rings. The smallest absolute Gasteiger partial charge is 0.322 e. The maximum absolute atomic E-state index is 12.9. The standard InChI is InChI=1S/C24H24N4O5/c1-24(14-13-16-5-3-2-4-6-16)22(32)28(23(33)25-24)26-21(31)18-9-7-17(8-10-18)15-27-19(29)11-12-20(27)30/h2-10H,11-15H2,1H3,(H,25,33)(H,26,31). The molecule has 0 spiro atoms. The number of nitrogens with zero attached hydrogens (tertiary/aromatic N) is 2. The Morgan fingerprint density at radius 2 is 1.58 bits per heavy atom. The van der Waals surface area contributed by atoms with Crippen molar-refractivity contribution in [2.45, 2.75) is 44.7 Å². The minimum atomic E-state index is -1.13. The quantitative estimate of drug-likeness (QED) is 0.496. The Bertz CT molecular complexity index is 1100. The molecule has 2 N–H and O–H groups in total. The average Bonchev–Trinajstić information content (AvgIpc) is 3.24. The fourth-order valence-electron chi connectivity index (χ4n) is 3.90. The van der Waals surface area contributed by atoms with Gasteiger partial charge >= 0.3 is 6.03 Å². The molecule has 6 amide bonds. The van der Waals surface area contributed by atoms with Crippen LogP contribution in [0.3, 0.4) is 0 Å². The van der Waals surface area contributed by atoms with Gasteiger partial charge in [-0.1, -0.05) is 42.5 Å². The summed E-state index contributed by atoms with van der Waals surface area (Å²) in [5.74, 6) is -1.57. The van der Waals surface area contributed by atoms with Crippen LogP contribution >= 0.6 is 0 Å². The topological polar surface area (TPSA) is 116 Å². The van der Waals surface area contributed by atoms with E-state index in [0.29, 0.717) is 23.4 Å². The molecule has 2 aliphatic heterocycles. The number of carbonyl (C=O) groups excluding carboxylic acids is 5. The first kappa shape index (κ1) is 22.2. The normalized spacial score (nSPS) is 20.4. The van der Waals surface area contributed by atoms with Crippen LogP contribution in [0.1, 0.15) is 47.7 Å². The van der Waals surface area contributed by atoms with E-state index in [1.165, 1.54) is 17.0 Å². The number of nitrogens with one attached hydrogen (secondary N) is 2. The van der Waals surface area contributed by atoms with Gasteiger partial charge in [-0.2, -0.15) is 5.01 Å². The second kappa shape index (κ2) is 8.85. The number of urea groups is 1. The maximum atomic E-state index is 12.9. The summed E-state index contributed by atoms with van der Waals surface area (Å²) in [5.41, 5.74) is 3.21. The van der Waals surface area contributed by atoms with E-state index in [2.05, 4.69) is 10.7 Å². The molecule has 1 unspecified atom stereocenters. The number of imide groups is 2. The number of amides is 6. The molecule has 0 aliphatic carbocycles. The van der Waals surface area contributed by atoms with Gasteiger partial charge in [-0.15, -0.1) is 0 Å². The van der Waals surface area contributed by atoms with Crippen LogP contribution in [0.4, 0.5) is 4.79 Å². The molecule has 170 valence electrons. The molecule has 2 saturated heterocycles. The highest BCUT2D eigenvalue weighted by molar-refractivity contribution is 6.09. The molecule has 9 heteroatoms. The summed E-state index contributed by atoms with van der Waals surface area (Å²) in [7, 11) is 0. The van der Waals surface area contributed by atoms with E-state index < -0.39 is 23.4 Å². The van der Waals surface area contributed by atoms with Gasteiger partial charge in [-0.05, 0) is 43.0 Å². The van der Waals surface area contributed by atoms with Gasteiger partial charge in [-0.3, -0.25) is 29.5 Å².